The van der Waals surface area contributed by atoms with Crippen molar-refractivity contribution < 1.29 is 4.79 Å². The lowest BCUT2D eigenvalue weighted by Gasteiger charge is -2.34. The molecule has 0 radical (unpaired) electrons. The highest BCUT2D eigenvalue weighted by molar-refractivity contribution is 5.81. The highest BCUT2D eigenvalue weighted by Gasteiger charge is 2.28. The molecule has 1 aromatic rings. The van der Waals surface area contributed by atoms with Gasteiger partial charge in [-0.15, -0.1) is 0 Å². The Hall–Kier alpha value is -1.40. The van der Waals surface area contributed by atoms with Crippen LogP contribution in [0.15, 0.2) is 12.3 Å². The summed E-state index contributed by atoms with van der Waals surface area (Å²) in [5, 5.41) is 10.8. The second-order valence-electron chi connectivity index (χ2n) is 6.03. The third kappa shape index (κ3) is 3.27. The number of piperazine rings is 1. The van der Waals surface area contributed by atoms with Crippen LogP contribution in [0.5, 0.6) is 0 Å². The summed E-state index contributed by atoms with van der Waals surface area (Å²) >= 11 is 0. The number of likely N-dealkylation sites (N-methyl/N-ethyl adjacent to an activating group) is 1. The van der Waals surface area contributed by atoms with Gasteiger partial charge in [-0.05, 0) is 18.9 Å². The second kappa shape index (κ2) is 6.58. The lowest BCUT2D eigenvalue weighted by atomic mass is 10.1. The van der Waals surface area contributed by atoms with Gasteiger partial charge in [0.25, 0.3) is 0 Å². The van der Waals surface area contributed by atoms with Crippen LogP contribution in [0.4, 0.5) is 0 Å². The summed E-state index contributed by atoms with van der Waals surface area (Å²) in [6.07, 6.45) is 7.22. The number of amides is 1. The number of rotatable bonds is 4. The average Bonchev–Trinajstić information content (AvgIpc) is 3.18. The van der Waals surface area contributed by atoms with Crippen molar-refractivity contribution in [1.82, 2.24) is 25.3 Å². The maximum absolute atomic E-state index is 12.0. The van der Waals surface area contributed by atoms with E-state index in [1.54, 1.807) is 7.05 Å². The van der Waals surface area contributed by atoms with Crippen molar-refractivity contribution in [3.63, 3.8) is 0 Å². The summed E-state index contributed by atoms with van der Waals surface area (Å²) in [6.45, 7) is 3.27. The van der Waals surface area contributed by atoms with Crippen LogP contribution in [0.2, 0.25) is 0 Å². The van der Waals surface area contributed by atoms with Gasteiger partial charge in [0.2, 0.25) is 5.91 Å². The topological polar surface area (TPSA) is 62.2 Å². The molecule has 6 nitrogen and oxygen atoms in total. The molecule has 0 bridgehead atoms. The molecule has 1 saturated carbocycles. The van der Waals surface area contributed by atoms with Crippen molar-refractivity contribution in [3.8, 4) is 0 Å². The molecule has 6 heteroatoms. The average molecular weight is 291 g/mol. The first kappa shape index (κ1) is 14.5. The Kier molecular flexibility index (Phi) is 4.55. The van der Waals surface area contributed by atoms with Crippen LogP contribution in [0.3, 0.4) is 0 Å². The van der Waals surface area contributed by atoms with E-state index in [4.69, 9.17) is 5.10 Å². The molecular weight excluding hydrogens is 266 g/mol. The van der Waals surface area contributed by atoms with Gasteiger partial charge in [-0.25, -0.2) is 0 Å². The minimum Gasteiger partial charge on any atom is -0.358 e. The maximum atomic E-state index is 12.0. The molecule has 1 atom stereocenters. The monoisotopic (exact) mass is 291 g/mol. The molecule has 3 rings (SSSR count). The minimum absolute atomic E-state index is 0.0809. The molecule has 0 spiro atoms. The number of hydrogen-bond donors (Lipinski definition) is 2. The van der Waals surface area contributed by atoms with Crippen molar-refractivity contribution in [2.75, 3.05) is 26.7 Å². The summed E-state index contributed by atoms with van der Waals surface area (Å²) in [7, 11) is 1.70. The van der Waals surface area contributed by atoms with Crippen LogP contribution in [0, 0.1) is 0 Å². The third-order valence-electron chi connectivity index (χ3n) is 4.63. The molecule has 1 unspecified atom stereocenters. The Morgan fingerprint density at radius 1 is 1.48 bits per heavy atom. The molecule has 116 valence electrons. The van der Waals surface area contributed by atoms with Crippen molar-refractivity contribution in [1.29, 1.82) is 0 Å². The summed E-state index contributed by atoms with van der Waals surface area (Å²) in [4.78, 5) is 14.2. The lowest BCUT2D eigenvalue weighted by molar-refractivity contribution is -0.126. The Labute approximate surface area is 125 Å². The van der Waals surface area contributed by atoms with Crippen molar-refractivity contribution >= 4 is 5.91 Å². The zero-order valence-electron chi connectivity index (χ0n) is 12.7. The second-order valence-corrected chi connectivity index (χ2v) is 6.03. The number of nitrogens with zero attached hydrogens (tertiary/aromatic N) is 3. The van der Waals surface area contributed by atoms with Gasteiger partial charge in [0.15, 0.2) is 0 Å². The number of carbonyl (C=O) groups excluding carboxylic acids is 1. The van der Waals surface area contributed by atoms with Crippen LogP contribution in [0.1, 0.15) is 37.4 Å². The van der Waals surface area contributed by atoms with Crippen molar-refractivity contribution in [3.05, 3.63) is 18.0 Å². The van der Waals surface area contributed by atoms with Gasteiger partial charge in [0.1, 0.15) is 6.04 Å². The van der Waals surface area contributed by atoms with Crippen LogP contribution in [0.25, 0.3) is 0 Å². The van der Waals surface area contributed by atoms with E-state index in [0.717, 1.165) is 25.3 Å². The summed E-state index contributed by atoms with van der Waals surface area (Å²) in [5.74, 6) is 0.0809. The summed E-state index contributed by atoms with van der Waals surface area (Å²) in [6, 6.07) is 2.58. The molecule has 1 aliphatic carbocycles. The van der Waals surface area contributed by atoms with Crippen molar-refractivity contribution in [2.45, 2.75) is 44.3 Å². The van der Waals surface area contributed by atoms with Gasteiger partial charge < -0.3 is 10.6 Å². The van der Waals surface area contributed by atoms with Crippen LogP contribution in [-0.4, -0.2) is 53.3 Å². The highest BCUT2D eigenvalue weighted by Crippen LogP contribution is 2.28. The maximum Gasteiger partial charge on any atom is 0.238 e. The van der Waals surface area contributed by atoms with E-state index in [1.807, 2.05) is 0 Å². The number of carbonyl (C=O) groups is 1. The van der Waals surface area contributed by atoms with Crippen LogP contribution in [-0.2, 0) is 11.3 Å². The Balaban J connectivity index is 1.65. The zero-order chi connectivity index (χ0) is 14.7. The number of hydrogen-bond acceptors (Lipinski definition) is 4. The molecule has 2 N–H and O–H groups in total. The molecule has 1 amide bonds. The van der Waals surface area contributed by atoms with Gasteiger partial charge in [0.05, 0.1) is 11.7 Å². The predicted molar refractivity (Wildman–Crippen MR) is 80.9 cm³/mol. The largest absolute Gasteiger partial charge is 0.358 e. The van der Waals surface area contributed by atoms with E-state index < -0.39 is 0 Å². The van der Waals surface area contributed by atoms with Gasteiger partial charge in [0, 0.05) is 39.4 Å². The Morgan fingerprint density at radius 3 is 3.05 bits per heavy atom. The molecule has 2 fully saturated rings. The molecular formula is C15H25N5O. The highest BCUT2D eigenvalue weighted by atomic mass is 16.2. The van der Waals surface area contributed by atoms with E-state index in [9.17, 15) is 4.79 Å². The van der Waals surface area contributed by atoms with Gasteiger partial charge in [-0.2, -0.15) is 5.10 Å². The van der Waals surface area contributed by atoms with E-state index in [0.29, 0.717) is 12.6 Å². The SMILES string of the molecule is CNC(=O)C1CNCCN1Cc1ccn(C2CCCC2)n1. The standard InChI is InChI=1S/C15H25N5O/c1-16-15(21)14-10-17-7-9-19(14)11-12-6-8-20(18-12)13-4-2-3-5-13/h6,8,13-14,17H,2-5,7,9-11H2,1H3,(H,16,21). The van der Waals surface area contributed by atoms with Crippen LogP contribution < -0.4 is 10.6 Å². The first-order chi connectivity index (χ1) is 10.3. The van der Waals surface area contributed by atoms with Gasteiger partial charge in [-0.3, -0.25) is 14.4 Å². The number of aromatic nitrogens is 2. The summed E-state index contributed by atoms with van der Waals surface area (Å²) < 4.78 is 2.12. The molecule has 2 aliphatic rings. The molecule has 1 saturated heterocycles. The van der Waals surface area contributed by atoms with Crippen molar-refractivity contribution in [2.24, 2.45) is 0 Å². The Bertz CT molecular complexity index is 480. The third-order valence-corrected chi connectivity index (χ3v) is 4.63. The molecule has 1 aromatic heterocycles. The fourth-order valence-electron chi connectivity index (χ4n) is 3.40. The number of nitrogens with one attached hydrogen (secondary N) is 2. The van der Waals surface area contributed by atoms with Crippen LogP contribution >= 0.6 is 0 Å². The lowest BCUT2D eigenvalue weighted by Crippen LogP contribution is -2.56. The van der Waals surface area contributed by atoms with E-state index >= 15 is 0 Å². The molecule has 1 aliphatic heterocycles. The molecule has 21 heavy (non-hydrogen) atoms. The Morgan fingerprint density at radius 2 is 2.29 bits per heavy atom. The van der Waals surface area contributed by atoms with E-state index in [1.165, 1.54) is 25.7 Å². The molecule has 2 heterocycles. The van der Waals surface area contributed by atoms with E-state index in [-0.39, 0.29) is 11.9 Å². The first-order valence-corrected chi connectivity index (χ1v) is 7.98. The summed E-state index contributed by atoms with van der Waals surface area (Å²) in [5.41, 5.74) is 1.07. The molecule has 0 aromatic carbocycles. The fourth-order valence-corrected chi connectivity index (χ4v) is 3.40. The minimum atomic E-state index is -0.0969. The fraction of sp³-hybridized carbons (Fsp3) is 0.733. The normalized spacial score (nSPS) is 24.3. The van der Waals surface area contributed by atoms with E-state index in [2.05, 4.69) is 32.5 Å². The van der Waals surface area contributed by atoms with Gasteiger partial charge in [-0.1, -0.05) is 12.8 Å². The predicted octanol–water partition coefficient (Wildman–Crippen LogP) is 0.518. The smallest absolute Gasteiger partial charge is 0.238 e. The van der Waals surface area contributed by atoms with Gasteiger partial charge >= 0.3 is 0 Å². The quantitative estimate of drug-likeness (QED) is 0.849. The first-order valence-electron chi connectivity index (χ1n) is 7.98. The zero-order valence-corrected chi connectivity index (χ0v) is 12.7.